The van der Waals surface area contributed by atoms with Gasteiger partial charge >= 0.3 is 5.97 Å². The Kier molecular flexibility index (Phi) is 5.98. The average Bonchev–Trinajstić information content (AvgIpc) is 2.94. The van der Waals surface area contributed by atoms with E-state index in [-0.39, 0.29) is 24.1 Å². The molecule has 1 atom stereocenters. The molecule has 0 bridgehead atoms. The van der Waals surface area contributed by atoms with Crippen LogP contribution in [0.5, 0.6) is 0 Å². The molecule has 0 saturated carbocycles. The summed E-state index contributed by atoms with van der Waals surface area (Å²) >= 11 is 6.15. The van der Waals surface area contributed by atoms with E-state index in [2.05, 4.69) is 10.5 Å². The van der Waals surface area contributed by atoms with Gasteiger partial charge in [-0.1, -0.05) is 41.9 Å². The Hall–Kier alpha value is -2.34. The van der Waals surface area contributed by atoms with Crippen molar-refractivity contribution in [3.8, 4) is 11.3 Å². The molecule has 7 heteroatoms. The Morgan fingerprint density at radius 3 is 2.75 bits per heavy atom. The predicted octanol–water partition coefficient (Wildman–Crippen LogP) is 3.37. The van der Waals surface area contributed by atoms with Crippen LogP contribution in [0.4, 0.5) is 0 Å². The van der Waals surface area contributed by atoms with E-state index in [1.807, 2.05) is 13.8 Å². The second-order valence-corrected chi connectivity index (χ2v) is 5.80. The Bertz CT molecular complexity index is 742. The first-order valence-corrected chi connectivity index (χ1v) is 7.99. The quantitative estimate of drug-likeness (QED) is 0.808. The number of rotatable bonds is 6. The van der Waals surface area contributed by atoms with Crippen LogP contribution in [0, 0.1) is 6.92 Å². The first kappa shape index (κ1) is 18.0. The molecule has 0 spiro atoms. The molecule has 24 heavy (non-hydrogen) atoms. The first-order chi connectivity index (χ1) is 11.4. The monoisotopic (exact) mass is 350 g/mol. The van der Waals surface area contributed by atoms with Gasteiger partial charge in [0, 0.05) is 11.6 Å². The maximum absolute atomic E-state index is 12.3. The summed E-state index contributed by atoms with van der Waals surface area (Å²) in [7, 11) is 0. The van der Waals surface area contributed by atoms with Crippen molar-refractivity contribution in [1.29, 1.82) is 0 Å². The van der Waals surface area contributed by atoms with Gasteiger partial charge in [-0.05, 0) is 26.3 Å². The van der Waals surface area contributed by atoms with Crippen molar-refractivity contribution in [3.05, 3.63) is 40.6 Å². The van der Waals surface area contributed by atoms with E-state index in [1.54, 1.807) is 31.2 Å². The number of hydrogen-bond donors (Lipinski definition) is 1. The highest BCUT2D eigenvalue weighted by Crippen LogP contribution is 2.31. The molecule has 1 N–H and O–H groups in total. The van der Waals surface area contributed by atoms with Crippen molar-refractivity contribution in [2.75, 3.05) is 6.61 Å². The van der Waals surface area contributed by atoms with Gasteiger partial charge < -0.3 is 14.6 Å². The SMILES string of the molecule is CC[C@H](C)NC(=O)COC(=O)c1c(-c2ccccc2Cl)noc1C. The van der Waals surface area contributed by atoms with Crippen LogP contribution in [0.1, 0.15) is 36.4 Å². The van der Waals surface area contributed by atoms with Crippen LogP contribution in [0.2, 0.25) is 5.02 Å². The number of carbonyl (C=O) groups is 2. The molecular weight excluding hydrogens is 332 g/mol. The standard InChI is InChI=1S/C17H19ClN2O4/c1-4-10(2)19-14(21)9-23-17(22)15-11(3)24-20-16(15)12-7-5-6-8-13(12)18/h5-8,10H,4,9H2,1-3H3,(H,19,21)/t10-/m0/s1. The maximum atomic E-state index is 12.3. The number of ether oxygens (including phenoxy) is 1. The summed E-state index contributed by atoms with van der Waals surface area (Å²) in [5, 5.41) is 7.06. The van der Waals surface area contributed by atoms with Crippen molar-refractivity contribution in [2.45, 2.75) is 33.2 Å². The minimum Gasteiger partial charge on any atom is -0.452 e. The lowest BCUT2D eigenvalue weighted by Gasteiger charge is -2.11. The minimum absolute atomic E-state index is 0.0206. The highest BCUT2D eigenvalue weighted by atomic mass is 35.5. The third kappa shape index (κ3) is 4.14. The number of halogens is 1. The van der Waals surface area contributed by atoms with E-state index < -0.39 is 5.97 Å². The Morgan fingerprint density at radius 1 is 1.38 bits per heavy atom. The molecule has 2 aromatic rings. The third-order valence-electron chi connectivity index (χ3n) is 3.55. The summed E-state index contributed by atoms with van der Waals surface area (Å²) in [5.41, 5.74) is 1.02. The van der Waals surface area contributed by atoms with E-state index >= 15 is 0 Å². The second kappa shape index (κ2) is 7.97. The molecule has 1 heterocycles. The molecule has 1 amide bonds. The average molecular weight is 351 g/mol. The number of nitrogens with one attached hydrogen (secondary N) is 1. The van der Waals surface area contributed by atoms with Gasteiger partial charge in [-0.15, -0.1) is 0 Å². The molecule has 0 aliphatic carbocycles. The molecule has 1 aromatic carbocycles. The fraction of sp³-hybridized carbons (Fsp3) is 0.353. The highest BCUT2D eigenvalue weighted by molar-refractivity contribution is 6.33. The summed E-state index contributed by atoms with van der Waals surface area (Å²) in [4.78, 5) is 24.1. The van der Waals surface area contributed by atoms with Crippen LogP contribution in [0.3, 0.4) is 0 Å². The zero-order valence-corrected chi connectivity index (χ0v) is 14.5. The van der Waals surface area contributed by atoms with Crippen LogP contribution in [0.15, 0.2) is 28.8 Å². The fourth-order valence-corrected chi connectivity index (χ4v) is 2.30. The number of nitrogens with zero attached hydrogens (tertiary/aromatic N) is 1. The van der Waals surface area contributed by atoms with Crippen LogP contribution in [0.25, 0.3) is 11.3 Å². The van der Waals surface area contributed by atoms with E-state index in [4.69, 9.17) is 20.9 Å². The molecule has 0 saturated heterocycles. The van der Waals surface area contributed by atoms with Gasteiger partial charge in [0.1, 0.15) is 17.0 Å². The van der Waals surface area contributed by atoms with Gasteiger partial charge in [-0.25, -0.2) is 4.79 Å². The summed E-state index contributed by atoms with van der Waals surface area (Å²) in [6.45, 7) is 5.06. The van der Waals surface area contributed by atoms with Gasteiger partial charge in [-0.3, -0.25) is 4.79 Å². The van der Waals surface area contributed by atoms with Crippen LogP contribution in [-0.4, -0.2) is 29.7 Å². The number of benzene rings is 1. The largest absolute Gasteiger partial charge is 0.452 e. The van der Waals surface area contributed by atoms with Crippen molar-refractivity contribution in [1.82, 2.24) is 10.5 Å². The summed E-state index contributed by atoms with van der Waals surface area (Å²) in [6.07, 6.45) is 0.793. The number of amides is 1. The smallest absolute Gasteiger partial charge is 0.344 e. The van der Waals surface area contributed by atoms with Gasteiger partial charge in [0.2, 0.25) is 0 Å². The van der Waals surface area contributed by atoms with Crippen molar-refractivity contribution < 1.29 is 18.8 Å². The lowest BCUT2D eigenvalue weighted by molar-refractivity contribution is -0.124. The van der Waals surface area contributed by atoms with Crippen LogP contribution >= 0.6 is 11.6 Å². The molecule has 1 aromatic heterocycles. The van der Waals surface area contributed by atoms with Crippen LogP contribution in [-0.2, 0) is 9.53 Å². The summed E-state index contributed by atoms with van der Waals surface area (Å²) in [5.74, 6) is -0.730. The molecule has 0 radical (unpaired) electrons. The first-order valence-electron chi connectivity index (χ1n) is 7.61. The zero-order valence-electron chi connectivity index (χ0n) is 13.8. The van der Waals surface area contributed by atoms with Gasteiger partial charge in [0.05, 0.1) is 5.02 Å². The molecule has 2 rings (SSSR count). The maximum Gasteiger partial charge on any atom is 0.344 e. The van der Waals surface area contributed by atoms with Gasteiger partial charge in [-0.2, -0.15) is 0 Å². The fourth-order valence-electron chi connectivity index (χ4n) is 2.07. The third-order valence-corrected chi connectivity index (χ3v) is 3.88. The molecular formula is C17H19ClN2O4. The van der Waals surface area contributed by atoms with Crippen molar-refractivity contribution in [2.24, 2.45) is 0 Å². The normalized spacial score (nSPS) is 11.8. The van der Waals surface area contributed by atoms with E-state index in [0.717, 1.165) is 6.42 Å². The highest BCUT2D eigenvalue weighted by Gasteiger charge is 2.24. The molecule has 128 valence electrons. The Balaban J connectivity index is 2.15. The van der Waals surface area contributed by atoms with E-state index in [1.165, 1.54) is 0 Å². The number of carbonyl (C=O) groups excluding carboxylic acids is 2. The number of aryl methyl sites for hydroxylation is 1. The molecule has 0 aliphatic heterocycles. The number of hydrogen-bond acceptors (Lipinski definition) is 5. The summed E-state index contributed by atoms with van der Waals surface area (Å²) < 4.78 is 10.2. The number of esters is 1. The molecule has 0 unspecified atom stereocenters. The summed E-state index contributed by atoms with van der Waals surface area (Å²) in [6, 6.07) is 6.99. The van der Waals surface area contributed by atoms with E-state index in [9.17, 15) is 9.59 Å². The molecule has 0 fully saturated rings. The van der Waals surface area contributed by atoms with Gasteiger partial charge in [0.25, 0.3) is 5.91 Å². The second-order valence-electron chi connectivity index (χ2n) is 5.40. The van der Waals surface area contributed by atoms with Crippen molar-refractivity contribution in [3.63, 3.8) is 0 Å². The Morgan fingerprint density at radius 2 is 2.08 bits per heavy atom. The lowest BCUT2D eigenvalue weighted by atomic mass is 10.1. The lowest BCUT2D eigenvalue weighted by Crippen LogP contribution is -2.35. The van der Waals surface area contributed by atoms with Gasteiger partial charge in [0.15, 0.2) is 6.61 Å². The van der Waals surface area contributed by atoms with E-state index in [0.29, 0.717) is 22.0 Å². The van der Waals surface area contributed by atoms with Crippen molar-refractivity contribution >= 4 is 23.5 Å². The minimum atomic E-state index is -0.678. The van der Waals surface area contributed by atoms with Crippen LogP contribution < -0.4 is 5.32 Å². The topological polar surface area (TPSA) is 81.4 Å². The zero-order chi connectivity index (χ0) is 17.7. The molecule has 0 aliphatic rings. The molecule has 6 nitrogen and oxygen atoms in total. The Labute approximate surface area is 145 Å². The predicted molar refractivity (Wildman–Crippen MR) is 89.9 cm³/mol. The number of aromatic nitrogens is 1.